The van der Waals surface area contributed by atoms with Crippen molar-refractivity contribution >= 4 is 27.5 Å². The minimum absolute atomic E-state index is 0.0740. The van der Waals surface area contributed by atoms with E-state index in [1.807, 2.05) is 13.8 Å². The Labute approximate surface area is 186 Å². The van der Waals surface area contributed by atoms with Gasteiger partial charge in [0, 0.05) is 36.7 Å². The summed E-state index contributed by atoms with van der Waals surface area (Å²) in [5, 5.41) is 7.45. The van der Waals surface area contributed by atoms with Crippen molar-refractivity contribution in [2.45, 2.75) is 37.4 Å². The number of amides is 1. The molecule has 1 aliphatic rings. The fraction of sp³-hybridized carbons (Fsp3) is 0.381. The van der Waals surface area contributed by atoms with Crippen molar-refractivity contribution in [2.24, 2.45) is 0 Å². The molecule has 0 aliphatic carbocycles. The number of nitrogens with zero attached hydrogens (tertiary/aromatic N) is 2. The summed E-state index contributed by atoms with van der Waals surface area (Å²) in [7, 11) is -4.30. The number of rotatable bonds is 6. The van der Waals surface area contributed by atoms with Crippen LogP contribution >= 0.6 is 11.6 Å². The number of benzene rings is 2. The van der Waals surface area contributed by atoms with Gasteiger partial charge in [0.1, 0.15) is 16.5 Å². The van der Waals surface area contributed by atoms with E-state index in [1.54, 1.807) is 17.0 Å². The Morgan fingerprint density at radius 2 is 1.84 bits per heavy atom. The predicted molar refractivity (Wildman–Crippen MR) is 115 cm³/mol. The highest BCUT2D eigenvalue weighted by Gasteiger charge is 2.32. The monoisotopic (exact) mass is 468 g/mol. The quantitative estimate of drug-likeness (QED) is 0.650. The molecule has 1 fully saturated rings. The Kier molecular flexibility index (Phi) is 7.20. The molecular weight excluding hydrogens is 445 g/mol. The summed E-state index contributed by atoms with van der Waals surface area (Å²) in [5.41, 5.74) is 0.996. The van der Waals surface area contributed by atoms with Crippen LogP contribution in [0.1, 0.15) is 19.4 Å². The summed E-state index contributed by atoms with van der Waals surface area (Å²) in [6, 6.07) is 10.3. The fourth-order valence-electron chi connectivity index (χ4n) is 3.62. The first kappa shape index (κ1) is 23.5. The fourth-order valence-corrected chi connectivity index (χ4v) is 4.53. The average Bonchev–Trinajstić information content (AvgIpc) is 2.70. The molecule has 0 saturated carbocycles. The summed E-state index contributed by atoms with van der Waals surface area (Å²) < 4.78 is 41.9. The first-order valence-electron chi connectivity index (χ1n) is 9.74. The van der Waals surface area contributed by atoms with Crippen molar-refractivity contribution in [3.8, 4) is 5.75 Å². The van der Waals surface area contributed by atoms with Gasteiger partial charge in [-0.3, -0.25) is 9.69 Å². The molecule has 3 rings (SSSR count). The van der Waals surface area contributed by atoms with Crippen LogP contribution in [-0.2, 0) is 21.4 Å². The van der Waals surface area contributed by atoms with Gasteiger partial charge in [0.15, 0.2) is 6.61 Å². The third-order valence-corrected chi connectivity index (χ3v) is 6.41. The molecule has 1 aliphatic heterocycles. The van der Waals surface area contributed by atoms with Crippen molar-refractivity contribution in [1.82, 2.24) is 14.9 Å². The van der Waals surface area contributed by atoms with Crippen LogP contribution in [-0.4, -0.2) is 55.9 Å². The second-order valence-corrected chi connectivity index (χ2v) is 9.57. The molecule has 2 aromatic rings. The Balaban J connectivity index is 1.63. The molecule has 0 bridgehead atoms. The van der Waals surface area contributed by atoms with E-state index in [-0.39, 0.29) is 46.1 Å². The molecular formula is C21H24ClFN3O4S. The minimum atomic E-state index is -4.30. The molecule has 1 saturated heterocycles. The van der Waals surface area contributed by atoms with E-state index < -0.39 is 10.0 Å². The minimum Gasteiger partial charge on any atom is -0.482 e. The first-order valence-corrected chi connectivity index (χ1v) is 11.6. The largest absolute Gasteiger partial charge is 0.482 e. The van der Waals surface area contributed by atoms with Crippen molar-refractivity contribution in [3.63, 3.8) is 0 Å². The molecule has 1 heterocycles. The molecule has 10 heteroatoms. The molecule has 0 aromatic heterocycles. The molecule has 31 heavy (non-hydrogen) atoms. The lowest BCUT2D eigenvalue weighted by molar-refractivity contribution is -0.139. The molecule has 1 N–H and O–H groups in total. The summed E-state index contributed by atoms with van der Waals surface area (Å²) in [4.78, 5) is 16.3. The molecule has 7 nitrogen and oxygen atoms in total. The van der Waals surface area contributed by atoms with Gasteiger partial charge in [-0.05, 0) is 49.7 Å². The maximum absolute atomic E-state index is 13.1. The lowest BCUT2D eigenvalue weighted by Gasteiger charge is -2.44. The normalized spacial score (nSPS) is 20.0. The number of sulfonamides is 1. The zero-order valence-corrected chi connectivity index (χ0v) is 18.8. The van der Waals surface area contributed by atoms with Crippen LogP contribution in [0, 0.1) is 5.82 Å². The third-order valence-electron chi connectivity index (χ3n) is 5.28. The van der Waals surface area contributed by atoms with E-state index in [2.05, 4.69) is 4.90 Å². The van der Waals surface area contributed by atoms with Gasteiger partial charge in [-0.1, -0.05) is 23.7 Å². The summed E-state index contributed by atoms with van der Waals surface area (Å²) in [6.07, 6.45) is 0. The number of piperazine rings is 1. The smallest absolute Gasteiger partial charge is 0.260 e. The zero-order valence-electron chi connectivity index (χ0n) is 17.2. The number of halogens is 2. The van der Waals surface area contributed by atoms with E-state index in [1.165, 1.54) is 24.3 Å². The van der Waals surface area contributed by atoms with Gasteiger partial charge >= 0.3 is 0 Å². The molecule has 167 valence electrons. The van der Waals surface area contributed by atoms with Crippen LogP contribution in [0.4, 0.5) is 4.39 Å². The van der Waals surface area contributed by atoms with E-state index in [9.17, 15) is 17.6 Å². The predicted octanol–water partition coefficient (Wildman–Crippen LogP) is 2.95. The lowest BCUT2D eigenvalue weighted by Crippen LogP contribution is -2.58. The Morgan fingerprint density at radius 3 is 2.48 bits per heavy atom. The number of carbonyl (C=O) groups is 1. The molecule has 1 radical (unpaired) electrons. The van der Waals surface area contributed by atoms with Crippen molar-refractivity contribution in [3.05, 3.63) is 58.9 Å². The maximum atomic E-state index is 13.1. The summed E-state index contributed by atoms with van der Waals surface area (Å²) in [6.45, 7) is 5.37. The van der Waals surface area contributed by atoms with E-state index >= 15 is 0 Å². The third kappa shape index (κ3) is 5.94. The SMILES string of the molecule is C[C@@H]1CN(Cc2ccc(F)cc2)[C@@H](C)CN1C(=O)COc1ccc(Cl)cc1S([NH])(=O)=O. The van der Waals surface area contributed by atoms with Gasteiger partial charge in [-0.2, -0.15) is 0 Å². The lowest BCUT2D eigenvalue weighted by atomic mass is 10.1. The highest BCUT2D eigenvalue weighted by atomic mass is 35.5. The van der Waals surface area contributed by atoms with Crippen molar-refractivity contribution in [1.29, 1.82) is 0 Å². The van der Waals surface area contributed by atoms with Gasteiger partial charge in [-0.15, -0.1) is 5.14 Å². The Bertz CT molecular complexity index is 1050. The molecule has 0 unspecified atom stereocenters. The molecule has 1 amide bonds. The number of carbonyl (C=O) groups excluding carboxylic acids is 1. The first-order chi connectivity index (χ1) is 14.5. The maximum Gasteiger partial charge on any atom is 0.260 e. The van der Waals surface area contributed by atoms with Crippen LogP contribution < -0.4 is 9.88 Å². The number of hydrogen-bond acceptors (Lipinski definition) is 5. The zero-order chi connectivity index (χ0) is 22.8. The molecule has 2 atom stereocenters. The van der Waals surface area contributed by atoms with Crippen molar-refractivity contribution < 1.29 is 22.3 Å². The van der Waals surface area contributed by atoms with Gasteiger partial charge < -0.3 is 9.64 Å². The number of nitrogens with one attached hydrogen (secondary N) is 1. The van der Waals surface area contributed by atoms with Crippen LogP contribution in [0.15, 0.2) is 47.4 Å². The summed E-state index contributed by atoms with van der Waals surface area (Å²) >= 11 is 5.82. The van der Waals surface area contributed by atoms with Gasteiger partial charge in [-0.25, -0.2) is 12.8 Å². The van der Waals surface area contributed by atoms with Crippen LogP contribution in [0.5, 0.6) is 5.75 Å². The molecule has 0 spiro atoms. The standard InChI is InChI=1S/C21H24ClFN3O4S/c1-14-11-26(15(2)10-25(14)12-16-3-6-18(23)7-4-16)21(27)13-30-19-8-5-17(22)9-20(19)31(24,28)29/h3-9,14-15,24H,10-13H2,1-2H3/t14-,15+/m0/s1. The van der Waals surface area contributed by atoms with Gasteiger partial charge in [0.25, 0.3) is 15.9 Å². The van der Waals surface area contributed by atoms with Crippen LogP contribution in [0.2, 0.25) is 5.02 Å². The Morgan fingerprint density at radius 1 is 1.16 bits per heavy atom. The Hall–Kier alpha value is -2.20. The summed E-state index contributed by atoms with van der Waals surface area (Å²) in [5.74, 6) is -0.630. The highest BCUT2D eigenvalue weighted by molar-refractivity contribution is 7.89. The van der Waals surface area contributed by atoms with E-state index in [4.69, 9.17) is 21.5 Å². The average molecular weight is 469 g/mol. The van der Waals surface area contributed by atoms with Gasteiger partial charge in [0.05, 0.1) is 0 Å². The van der Waals surface area contributed by atoms with Gasteiger partial charge in [0.2, 0.25) is 0 Å². The highest BCUT2D eigenvalue weighted by Crippen LogP contribution is 2.27. The van der Waals surface area contributed by atoms with Crippen LogP contribution in [0.25, 0.3) is 0 Å². The number of hydrogen-bond donors (Lipinski definition) is 0. The van der Waals surface area contributed by atoms with Crippen LogP contribution in [0.3, 0.4) is 0 Å². The van der Waals surface area contributed by atoms with E-state index in [0.29, 0.717) is 19.6 Å². The topological polar surface area (TPSA) is 90.7 Å². The number of ether oxygens (including phenoxy) is 1. The van der Waals surface area contributed by atoms with E-state index in [0.717, 1.165) is 11.6 Å². The molecule has 2 aromatic carbocycles. The van der Waals surface area contributed by atoms with Crippen molar-refractivity contribution in [2.75, 3.05) is 19.7 Å². The second kappa shape index (κ2) is 9.52. The second-order valence-electron chi connectivity index (χ2n) is 7.68.